The molecule has 1 aliphatic carbocycles. The highest BCUT2D eigenvalue weighted by molar-refractivity contribution is 5.26. The molecule has 1 fully saturated rings. The third kappa shape index (κ3) is 2.62. The van der Waals surface area contributed by atoms with Crippen LogP contribution in [0.3, 0.4) is 0 Å². The Morgan fingerprint density at radius 1 is 1.31 bits per heavy atom. The molecule has 0 radical (unpaired) electrons. The van der Waals surface area contributed by atoms with Crippen LogP contribution in [-0.2, 0) is 0 Å². The van der Waals surface area contributed by atoms with E-state index in [1.54, 1.807) is 6.07 Å². The third-order valence-corrected chi connectivity index (χ3v) is 3.52. The maximum atomic E-state index is 13.1. The quantitative estimate of drug-likeness (QED) is 0.819. The summed E-state index contributed by atoms with van der Waals surface area (Å²) in [4.78, 5) is 0. The molecular weight excluding hydrogens is 201 g/mol. The highest BCUT2D eigenvalue weighted by Gasteiger charge is 2.28. The van der Waals surface area contributed by atoms with Gasteiger partial charge in [-0.05, 0) is 56.7 Å². The topological polar surface area (TPSA) is 12.0 Å². The molecule has 0 spiro atoms. The van der Waals surface area contributed by atoms with Crippen molar-refractivity contribution in [3.8, 4) is 0 Å². The van der Waals surface area contributed by atoms with Gasteiger partial charge in [0.15, 0.2) is 0 Å². The van der Waals surface area contributed by atoms with E-state index < -0.39 is 0 Å². The van der Waals surface area contributed by atoms with Crippen LogP contribution in [0.4, 0.5) is 4.39 Å². The predicted molar refractivity (Wildman–Crippen MR) is 64.9 cm³/mol. The fourth-order valence-corrected chi connectivity index (χ4v) is 2.16. The van der Waals surface area contributed by atoms with E-state index in [2.05, 4.69) is 19.2 Å². The molecule has 2 atom stereocenters. The molecule has 1 N–H and O–H groups in total. The second kappa shape index (κ2) is 4.54. The maximum Gasteiger partial charge on any atom is 0.126 e. The van der Waals surface area contributed by atoms with Gasteiger partial charge in [0.2, 0.25) is 0 Å². The van der Waals surface area contributed by atoms with Crippen molar-refractivity contribution >= 4 is 0 Å². The normalized spacial score (nSPS) is 19.5. The van der Waals surface area contributed by atoms with Gasteiger partial charge in [0.1, 0.15) is 5.82 Å². The minimum absolute atomic E-state index is 0.119. The predicted octanol–water partition coefficient (Wildman–Crippen LogP) is 3.58. The first kappa shape index (κ1) is 11.6. The first-order valence-electron chi connectivity index (χ1n) is 6.10. The summed E-state index contributed by atoms with van der Waals surface area (Å²) in [5, 5.41) is 3.58. The zero-order valence-electron chi connectivity index (χ0n) is 10.3. The summed E-state index contributed by atoms with van der Waals surface area (Å²) in [7, 11) is 0. The van der Waals surface area contributed by atoms with E-state index >= 15 is 0 Å². The van der Waals surface area contributed by atoms with Crippen LogP contribution in [0, 0.1) is 18.7 Å². The summed E-state index contributed by atoms with van der Waals surface area (Å²) in [5.74, 6) is 0.732. The van der Waals surface area contributed by atoms with Crippen LogP contribution in [0.25, 0.3) is 0 Å². The molecule has 0 heterocycles. The van der Waals surface area contributed by atoms with Gasteiger partial charge >= 0.3 is 0 Å². The van der Waals surface area contributed by atoms with E-state index in [9.17, 15) is 4.39 Å². The smallest absolute Gasteiger partial charge is 0.126 e. The lowest BCUT2D eigenvalue weighted by atomic mass is 10.0. The lowest BCUT2D eigenvalue weighted by molar-refractivity contribution is 0.441. The fraction of sp³-hybridized carbons (Fsp3) is 0.571. The van der Waals surface area contributed by atoms with Crippen LogP contribution in [0.2, 0.25) is 0 Å². The molecule has 1 aliphatic rings. The molecule has 2 unspecified atom stereocenters. The molecular formula is C14H20FN. The average Bonchev–Trinajstić information content (AvgIpc) is 3.05. The molecule has 1 aromatic carbocycles. The molecule has 88 valence electrons. The Labute approximate surface area is 97.1 Å². The van der Waals surface area contributed by atoms with Crippen LogP contribution in [0.1, 0.15) is 43.9 Å². The molecule has 1 saturated carbocycles. The van der Waals surface area contributed by atoms with E-state index in [1.165, 1.54) is 18.4 Å². The summed E-state index contributed by atoms with van der Waals surface area (Å²) < 4.78 is 13.1. The molecule has 1 aromatic rings. The number of aryl methyl sites for hydroxylation is 1. The van der Waals surface area contributed by atoms with E-state index in [1.807, 2.05) is 19.1 Å². The highest BCUT2D eigenvalue weighted by Crippen LogP contribution is 2.33. The zero-order valence-corrected chi connectivity index (χ0v) is 10.3. The molecule has 1 nitrogen and oxygen atoms in total. The summed E-state index contributed by atoms with van der Waals surface area (Å²) in [6, 6.07) is 6.24. The van der Waals surface area contributed by atoms with E-state index in [0.717, 1.165) is 11.5 Å². The first-order valence-corrected chi connectivity index (χ1v) is 6.10. The number of benzene rings is 1. The average molecular weight is 221 g/mol. The van der Waals surface area contributed by atoms with Gasteiger partial charge in [0, 0.05) is 12.1 Å². The van der Waals surface area contributed by atoms with Gasteiger partial charge in [-0.2, -0.15) is 0 Å². The highest BCUT2D eigenvalue weighted by atomic mass is 19.1. The second-order valence-corrected chi connectivity index (χ2v) is 5.02. The van der Waals surface area contributed by atoms with Crippen molar-refractivity contribution in [2.75, 3.05) is 0 Å². The van der Waals surface area contributed by atoms with Crippen molar-refractivity contribution in [2.24, 2.45) is 5.92 Å². The van der Waals surface area contributed by atoms with Crippen molar-refractivity contribution in [3.63, 3.8) is 0 Å². The molecule has 0 bridgehead atoms. The van der Waals surface area contributed by atoms with Gasteiger partial charge in [-0.15, -0.1) is 0 Å². The fourth-order valence-electron chi connectivity index (χ4n) is 2.16. The van der Waals surface area contributed by atoms with Crippen molar-refractivity contribution < 1.29 is 4.39 Å². The number of nitrogens with one attached hydrogen (secondary N) is 1. The van der Waals surface area contributed by atoms with Gasteiger partial charge in [-0.1, -0.05) is 12.1 Å². The monoisotopic (exact) mass is 221 g/mol. The second-order valence-electron chi connectivity index (χ2n) is 5.02. The Kier molecular flexibility index (Phi) is 3.29. The summed E-state index contributed by atoms with van der Waals surface area (Å²) in [6.45, 7) is 6.20. The van der Waals surface area contributed by atoms with E-state index in [-0.39, 0.29) is 5.82 Å². The zero-order chi connectivity index (χ0) is 11.7. The molecule has 16 heavy (non-hydrogen) atoms. The summed E-state index contributed by atoms with van der Waals surface area (Å²) in [5.41, 5.74) is 1.90. The summed E-state index contributed by atoms with van der Waals surface area (Å²) >= 11 is 0. The van der Waals surface area contributed by atoms with Crippen LogP contribution >= 0.6 is 0 Å². The summed E-state index contributed by atoms with van der Waals surface area (Å²) in [6.07, 6.45) is 2.70. The standard InChI is InChI=1S/C14H20FN/c1-9-8-13(6-7-14(9)15)11(3)16-10(2)12-4-5-12/h6-8,10-12,16H,4-5H2,1-3H3. The lowest BCUT2D eigenvalue weighted by Crippen LogP contribution is -2.30. The first-order chi connectivity index (χ1) is 7.58. The van der Waals surface area contributed by atoms with Crippen molar-refractivity contribution in [1.29, 1.82) is 0 Å². The third-order valence-electron chi connectivity index (χ3n) is 3.52. The van der Waals surface area contributed by atoms with E-state index in [4.69, 9.17) is 0 Å². The van der Waals surface area contributed by atoms with Crippen molar-refractivity contribution in [2.45, 2.75) is 45.7 Å². The number of hydrogen-bond acceptors (Lipinski definition) is 1. The maximum absolute atomic E-state index is 13.1. The van der Waals surface area contributed by atoms with Crippen LogP contribution in [0.15, 0.2) is 18.2 Å². The Balaban J connectivity index is 2.01. The molecule has 0 aliphatic heterocycles. The van der Waals surface area contributed by atoms with Crippen LogP contribution < -0.4 is 5.32 Å². The van der Waals surface area contributed by atoms with Gasteiger partial charge in [0.25, 0.3) is 0 Å². The van der Waals surface area contributed by atoms with Crippen molar-refractivity contribution in [3.05, 3.63) is 35.1 Å². The number of rotatable bonds is 4. The molecule has 2 heteroatoms. The molecule has 0 saturated heterocycles. The van der Waals surface area contributed by atoms with Crippen LogP contribution in [-0.4, -0.2) is 6.04 Å². The minimum Gasteiger partial charge on any atom is -0.307 e. The largest absolute Gasteiger partial charge is 0.307 e. The number of halogens is 1. The molecule has 0 amide bonds. The Morgan fingerprint density at radius 3 is 2.56 bits per heavy atom. The van der Waals surface area contributed by atoms with Crippen LogP contribution in [0.5, 0.6) is 0 Å². The SMILES string of the molecule is Cc1cc(C(C)NC(C)C2CC2)ccc1F. The van der Waals surface area contributed by atoms with Gasteiger partial charge < -0.3 is 5.32 Å². The Bertz CT molecular complexity index is 371. The van der Waals surface area contributed by atoms with Gasteiger partial charge in [-0.25, -0.2) is 4.39 Å². The molecule has 2 rings (SSSR count). The van der Waals surface area contributed by atoms with Crippen molar-refractivity contribution in [1.82, 2.24) is 5.32 Å². The Hall–Kier alpha value is -0.890. The van der Waals surface area contributed by atoms with Gasteiger partial charge in [-0.3, -0.25) is 0 Å². The molecule has 0 aromatic heterocycles. The number of hydrogen-bond donors (Lipinski definition) is 1. The van der Waals surface area contributed by atoms with Gasteiger partial charge in [0.05, 0.1) is 0 Å². The lowest BCUT2D eigenvalue weighted by Gasteiger charge is -2.20. The Morgan fingerprint density at radius 2 is 2.00 bits per heavy atom. The minimum atomic E-state index is -0.119. The van der Waals surface area contributed by atoms with E-state index in [0.29, 0.717) is 12.1 Å².